The van der Waals surface area contributed by atoms with Crippen LogP contribution in [-0.2, 0) is 0 Å². The molecule has 1 aromatic rings. The van der Waals surface area contributed by atoms with Crippen molar-refractivity contribution in [2.24, 2.45) is 5.73 Å². The zero-order valence-corrected chi connectivity index (χ0v) is 9.27. The lowest BCUT2D eigenvalue weighted by atomic mass is 10.1. The molecule has 3 N–H and O–H groups in total. The highest BCUT2D eigenvalue weighted by Gasteiger charge is 2.20. The van der Waals surface area contributed by atoms with Crippen LogP contribution in [-0.4, -0.2) is 18.5 Å². The summed E-state index contributed by atoms with van der Waals surface area (Å²) in [6.07, 6.45) is 0.563. The second kappa shape index (κ2) is 5.67. The molecule has 0 radical (unpaired) electrons. The molecule has 0 spiro atoms. The van der Waals surface area contributed by atoms with Gasteiger partial charge in [0.05, 0.1) is 5.56 Å². The van der Waals surface area contributed by atoms with Crippen molar-refractivity contribution in [3.05, 3.63) is 35.1 Å². The molecule has 6 heteroatoms. The van der Waals surface area contributed by atoms with Crippen LogP contribution in [0.4, 0.5) is 13.2 Å². The second-order valence-electron chi connectivity index (χ2n) is 3.54. The molecular formula is C11H13F3N2O. The summed E-state index contributed by atoms with van der Waals surface area (Å²) in [6.45, 7) is 1.98. The SMILES string of the molecule is CCC(CN)NC(=O)c1ccc(F)c(F)c1F. The maximum Gasteiger partial charge on any atom is 0.254 e. The summed E-state index contributed by atoms with van der Waals surface area (Å²) in [7, 11) is 0. The molecule has 0 aliphatic heterocycles. The Hall–Kier alpha value is -1.56. The van der Waals surface area contributed by atoms with E-state index in [-0.39, 0.29) is 12.6 Å². The van der Waals surface area contributed by atoms with E-state index in [9.17, 15) is 18.0 Å². The summed E-state index contributed by atoms with van der Waals surface area (Å²) in [5.41, 5.74) is 4.83. The second-order valence-corrected chi connectivity index (χ2v) is 3.54. The molecule has 0 bridgehead atoms. The van der Waals surface area contributed by atoms with E-state index in [0.717, 1.165) is 6.07 Å². The molecular weight excluding hydrogens is 233 g/mol. The van der Waals surface area contributed by atoms with Crippen LogP contribution < -0.4 is 11.1 Å². The predicted molar refractivity (Wildman–Crippen MR) is 56.9 cm³/mol. The molecule has 0 saturated heterocycles. The summed E-state index contributed by atoms with van der Waals surface area (Å²) in [5.74, 6) is -5.28. The van der Waals surface area contributed by atoms with Crippen LogP contribution in [0.3, 0.4) is 0 Å². The third-order valence-electron chi connectivity index (χ3n) is 2.39. The fraction of sp³-hybridized carbons (Fsp3) is 0.364. The van der Waals surface area contributed by atoms with Crippen molar-refractivity contribution in [3.63, 3.8) is 0 Å². The van der Waals surface area contributed by atoms with Crippen LogP contribution in [0.25, 0.3) is 0 Å². The van der Waals surface area contributed by atoms with E-state index < -0.39 is 28.9 Å². The molecule has 3 nitrogen and oxygen atoms in total. The lowest BCUT2D eigenvalue weighted by molar-refractivity contribution is 0.0932. The summed E-state index contributed by atoms with van der Waals surface area (Å²) >= 11 is 0. The van der Waals surface area contributed by atoms with E-state index in [1.165, 1.54) is 0 Å². The molecule has 1 aromatic carbocycles. The van der Waals surface area contributed by atoms with Gasteiger partial charge in [-0.2, -0.15) is 0 Å². The number of nitrogens with two attached hydrogens (primary N) is 1. The van der Waals surface area contributed by atoms with Crippen molar-refractivity contribution in [1.29, 1.82) is 0 Å². The maximum absolute atomic E-state index is 13.3. The quantitative estimate of drug-likeness (QED) is 0.792. The fourth-order valence-corrected chi connectivity index (χ4v) is 1.29. The van der Waals surface area contributed by atoms with E-state index >= 15 is 0 Å². The molecule has 1 rings (SSSR count). The van der Waals surface area contributed by atoms with Crippen LogP contribution >= 0.6 is 0 Å². The number of hydrogen-bond acceptors (Lipinski definition) is 2. The lowest BCUT2D eigenvalue weighted by Crippen LogP contribution is -2.40. The normalized spacial score (nSPS) is 12.3. The Kier molecular flexibility index (Phi) is 4.51. The van der Waals surface area contributed by atoms with Gasteiger partial charge in [0, 0.05) is 12.6 Å². The summed E-state index contributed by atoms with van der Waals surface area (Å²) in [6, 6.07) is 1.28. The van der Waals surface area contributed by atoms with Crippen molar-refractivity contribution in [2.75, 3.05) is 6.54 Å². The number of halogens is 3. The van der Waals surface area contributed by atoms with Gasteiger partial charge < -0.3 is 11.1 Å². The molecule has 17 heavy (non-hydrogen) atoms. The van der Waals surface area contributed by atoms with Gasteiger partial charge in [0.25, 0.3) is 5.91 Å². The van der Waals surface area contributed by atoms with Crippen LogP contribution in [0.1, 0.15) is 23.7 Å². The van der Waals surface area contributed by atoms with Crippen LogP contribution in [0.2, 0.25) is 0 Å². The Morgan fingerprint density at radius 1 is 1.35 bits per heavy atom. The number of benzene rings is 1. The minimum Gasteiger partial charge on any atom is -0.348 e. The van der Waals surface area contributed by atoms with Crippen molar-refractivity contribution in [1.82, 2.24) is 5.32 Å². The zero-order valence-electron chi connectivity index (χ0n) is 9.27. The van der Waals surface area contributed by atoms with Gasteiger partial charge in [0.1, 0.15) is 0 Å². The first kappa shape index (κ1) is 13.5. The van der Waals surface area contributed by atoms with E-state index in [0.29, 0.717) is 12.5 Å². The van der Waals surface area contributed by atoms with Crippen molar-refractivity contribution in [2.45, 2.75) is 19.4 Å². The van der Waals surface area contributed by atoms with Gasteiger partial charge in [-0.1, -0.05) is 6.92 Å². The van der Waals surface area contributed by atoms with E-state index in [1.807, 2.05) is 0 Å². The van der Waals surface area contributed by atoms with Gasteiger partial charge in [-0.05, 0) is 18.6 Å². The summed E-state index contributed by atoms with van der Waals surface area (Å²) < 4.78 is 38.8. The first-order chi connectivity index (χ1) is 8.01. The molecule has 1 atom stereocenters. The highest BCUT2D eigenvalue weighted by Crippen LogP contribution is 2.15. The van der Waals surface area contributed by atoms with E-state index in [1.54, 1.807) is 6.92 Å². The standard InChI is InChI=1S/C11H13F3N2O/c1-2-6(5-15)16-11(17)7-3-4-8(12)10(14)9(7)13/h3-4,6H,2,5,15H2,1H3,(H,16,17). The van der Waals surface area contributed by atoms with Gasteiger partial charge in [0.2, 0.25) is 0 Å². The van der Waals surface area contributed by atoms with Gasteiger partial charge in [0.15, 0.2) is 17.5 Å². The number of carbonyl (C=O) groups is 1. The fourth-order valence-electron chi connectivity index (χ4n) is 1.29. The molecule has 1 unspecified atom stereocenters. The van der Waals surface area contributed by atoms with Crippen LogP contribution in [0.15, 0.2) is 12.1 Å². The molecule has 0 aromatic heterocycles. The maximum atomic E-state index is 13.3. The monoisotopic (exact) mass is 246 g/mol. The average molecular weight is 246 g/mol. The van der Waals surface area contributed by atoms with Gasteiger partial charge in [-0.3, -0.25) is 4.79 Å². The third-order valence-corrected chi connectivity index (χ3v) is 2.39. The minimum absolute atomic E-state index is 0.188. The minimum atomic E-state index is -1.65. The molecule has 0 saturated carbocycles. The highest BCUT2D eigenvalue weighted by molar-refractivity contribution is 5.94. The molecule has 0 heterocycles. The summed E-state index contributed by atoms with van der Waals surface area (Å²) in [4.78, 5) is 11.6. The number of rotatable bonds is 4. The topological polar surface area (TPSA) is 55.1 Å². The first-order valence-electron chi connectivity index (χ1n) is 5.15. The van der Waals surface area contributed by atoms with Gasteiger partial charge >= 0.3 is 0 Å². The number of amides is 1. The molecule has 94 valence electrons. The van der Waals surface area contributed by atoms with E-state index in [4.69, 9.17) is 5.73 Å². The Morgan fingerprint density at radius 2 is 2.00 bits per heavy atom. The average Bonchev–Trinajstić information content (AvgIpc) is 2.32. The van der Waals surface area contributed by atoms with Crippen molar-refractivity contribution in [3.8, 4) is 0 Å². The number of hydrogen-bond donors (Lipinski definition) is 2. The summed E-state index contributed by atoms with van der Waals surface area (Å²) in [5, 5.41) is 2.43. The van der Waals surface area contributed by atoms with Crippen molar-refractivity contribution < 1.29 is 18.0 Å². The number of nitrogens with one attached hydrogen (secondary N) is 1. The largest absolute Gasteiger partial charge is 0.348 e. The first-order valence-corrected chi connectivity index (χ1v) is 5.15. The predicted octanol–water partition coefficient (Wildman–Crippen LogP) is 1.57. The molecule has 0 fully saturated rings. The van der Waals surface area contributed by atoms with Crippen LogP contribution in [0, 0.1) is 17.5 Å². The molecule has 0 aliphatic rings. The zero-order chi connectivity index (χ0) is 13.0. The molecule has 1 amide bonds. The smallest absolute Gasteiger partial charge is 0.254 e. The van der Waals surface area contributed by atoms with Gasteiger partial charge in [-0.15, -0.1) is 0 Å². The van der Waals surface area contributed by atoms with E-state index in [2.05, 4.69) is 5.32 Å². The Bertz CT molecular complexity index is 419. The Labute approximate surface area is 96.8 Å². The Balaban J connectivity index is 2.93. The Morgan fingerprint density at radius 3 is 2.53 bits per heavy atom. The van der Waals surface area contributed by atoms with Crippen molar-refractivity contribution >= 4 is 5.91 Å². The third kappa shape index (κ3) is 2.97. The molecule has 0 aliphatic carbocycles. The van der Waals surface area contributed by atoms with Crippen LogP contribution in [0.5, 0.6) is 0 Å². The highest BCUT2D eigenvalue weighted by atomic mass is 19.2. The van der Waals surface area contributed by atoms with Gasteiger partial charge in [-0.25, -0.2) is 13.2 Å². The lowest BCUT2D eigenvalue weighted by Gasteiger charge is -2.14. The number of carbonyl (C=O) groups excluding carboxylic acids is 1.